The van der Waals surface area contributed by atoms with Crippen molar-refractivity contribution in [3.05, 3.63) is 65.5 Å². The molecular weight excluding hydrogens is 433 g/mol. The van der Waals surface area contributed by atoms with Gasteiger partial charge in [0.15, 0.2) is 11.0 Å². The van der Waals surface area contributed by atoms with Crippen LogP contribution in [-0.2, 0) is 30.3 Å². The zero-order valence-corrected chi connectivity index (χ0v) is 17.5. The van der Waals surface area contributed by atoms with Crippen LogP contribution in [0.5, 0.6) is 0 Å². The van der Waals surface area contributed by atoms with Crippen LogP contribution in [0.15, 0.2) is 58.6 Å². The van der Waals surface area contributed by atoms with Crippen molar-refractivity contribution in [3.63, 3.8) is 0 Å². The number of nitrogens with zero attached hydrogens (tertiary/aromatic N) is 4. The lowest BCUT2D eigenvalue weighted by molar-refractivity contribution is -0.137. The summed E-state index contributed by atoms with van der Waals surface area (Å²) in [5.41, 5.74) is 0.620. The zero-order valence-electron chi connectivity index (χ0n) is 15.9. The van der Waals surface area contributed by atoms with Gasteiger partial charge in [0.2, 0.25) is 5.91 Å². The monoisotopic (exact) mass is 450 g/mol. The van der Waals surface area contributed by atoms with E-state index in [0.717, 1.165) is 17.7 Å². The molecule has 30 heavy (non-hydrogen) atoms. The summed E-state index contributed by atoms with van der Waals surface area (Å²) < 4.78 is 41.3. The van der Waals surface area contributed by atoms with Crippen molar-refractivity contribution in [2.75, 3.05) is 10.7 Å². The number of anilines is 1. The van der Waals surface area contributed by atoms with Crippen LogP contribution in [0.25, 0.3) is 0 Å². The highest BCUT2D eigenvalue weighted by Gasteiger charge is 2.34. The quantitative estimate of drug-likeness (QED) is 0.525. The van der Waals surface area contributed by atoms with Gasteiger partial charge >= 0.3 is 6.18 Å². The summed E-state index contributed by atoms with van der Waals surface area (Å²) in [7, 11) is 1.79. The summed E-state index contributed by atoms with van der Waals surface area (Å²) in [6.07, 6.45) is -4.47. The molecule has 0 bridgehead atoms. The summed E-state index contributed by atoms with van der Waals surface area (Å²) in [5, 5.41) is 9.03. The van der Waals surface area contributed by atoms with Gasteiger partial charge in [-0.15, -0.1) is 22.0 Å². The minimum atomic E-state index is -4.47. The highest BCUT2D eigenvalue weighted by molar-refractivity contribution is 8.00. The predicted molar refractivity (Wildman–Crippen MR) is 110 cm³/mol. The molecule has 10 heteroatoms. The molecule has 2 aromatic carbocycles. The average molecular weight is 451 g/mol. The van der Waals surface area contributed by atoms with E-state index in [9.17, 15) is 18.0 Å². The third kappa shape index (κ3) is 4.34. The fourth-order valence-electron chi connectivity index (χ4n) is 3.02. The Labute approximate surface area is 179 Å². The van der Waals surface area contributed by atoms with E-state index in [2.05, 4.69) is 10.2 Å². The molecule has 156 valence electrons. The Hall–Kier alpha value is -2.46. The first-order valence-corrected chi connectivity index (χ1v) is 11.0. The summed E-state index contributed by atoms with van der Waals surface area (Å²) in [5.74, 6) is 1.14. The number of carbonyl (C=O) groups excluding carboxylic acids is 1. The van der Waals surface area contributed by atoms with Gasteiger partial charge in [0.05, 0.1) is 23.5 Å². The van der Waals surface area contributed by atoms with Gasteiger partial charge in [-0.25, -0.2) is 0 Å². The lowest BCUT2D eigenvalue weighted by atomic mass is 10.1. The second kappa shape index (κ2) is 8.35. The van der Waals surface area contributed by atoms with Crippen LogP contribution < -0.4 is 4.90 Å². The van der Waals surface area contributed by atoms with Crippen molar-refractivity contribution in [1.29, 1.82) is 0 Å². The molecule has 0 spiro atoms. The van der Waals surface area contributed by atoms with Crippen molar-refractivity contribution in [1.82, 2.24) is 14.8 Å². The fraction of sp³-hybridized carbons (Fsp3) is 0.250. The second-order valence-electron chi connectivity index (χ2n) is 6.68. The van der Waals surface area contributed by atoms with Crippen LogP contribution in [0, 0.1) is 0 Å². The molecular formula is C20H17F3N4OS2. The first-order valence-electron chi connectivity index (χ1n) is 9.02. The molecule has 0 fully saturated rings. The molecule has 1 aromatic heterocycles. The molecule has 0 radical (unpaired) electrons. The van der Waals surface area contributed by atoms with Crippen LogP contribution in [0.1, 0.15) is 17.0 Å². The van der Waals surface area contributed by atoms with E-state index in [-0.39, 0.29) is 23.9 Å². The van der Waals surface area contributed by atoms with E-state index in [1.807, 2.05) is 30.3 Å². The molecule has 1 aliphatic rings. The van der Waals surface area contributed by atoms with Crippen molar-refractivity contribution in [3.8, 4) is 0 Å². The van der Waals surface area contributed by atoms with E-state index >= 15 is 0 Å². The number of aromatic nitrogens is 3. The Bertz CT molecular complexity index is 1070. The van der Waals surface area contributed by atoms with Crippen molar-refractivity contribution >= 4 is 35.1 Å². The number of benzene rings is 2. The first kappa shape index (κ1) is 20.8. The largest absolute Gasteiger partial charge is 0.416 e. The molecule has 0 atom stereocenters. The molecule has 3 aromatic rings. The maximum atomic E-state index is 13.2. The normalized spacial score (nSPS) is 14.1. The van der Waals surface area contributed by atoms with Gasteiger partial charge in [-0.05, 0) is 23.8 Å². The minimum Gasteiger partial charge on any atom is -0.308 e. The molecule has 0 saturated carbocycles. The topological polar surface area (TPSA) is 51.0 Å². The smallest absolute Gasteiger partial charge is 0.308 e. The van der Waals surface area contributed by atoms with Crippen molar-refractivity contribution < 1.29 is 18.0 Å². The first-order chi connectivity index (χ1) is 14.3. The maximum absolute atomic E-state index is 13.2. The third-order valence-electron chi connectivity index (χ3n) is 4.66. The van der Waals surface area contributed by atoms with Crippen molar-refractivity contribution in [2.45, 2.75) is 28.5 Å². The number of rotatable bonds is 5. The standard InChI is InChI=1S/C20H17F3N4OS2/c1-26-17(24-25-19(26)30-11-13-5-3-2-4-6-13)10-27-15-9-14(20(21,22)23)7-8-16(15)29-12-18(27)28/h2-9H,10-12H2,1H3. The Morgan fingerprint density at radius 1 is 1.13 bits per heavy atom. The molecule has 0 aliphatic carbocycles. The van der Waals surface area contributed by atoms with Crippen LogP contribution in [0.3, 0.4) is 0 Å². The number of hydrogen-bond donors (Lipinski definition) is 0. The number of amides is 1. The van der Waals surface area contributed by atoms with Crippen molar-refractivity contribution in [2.24, 2.45) is 7.05 Å². The van der Waals surface area contributed by atoms with Gasteiger partial charge < -0.3 is 9.47 Å². The van der Waals surface area contributed by atoms with Gasteiger partial charge in [-0.1, -0.05) is 42.1 Å². The molecule has 2 heterocycles. The van der Waals surface area contributed by atoms with Gasteiger partial charge in [-0.2, -0.15) is 13.2 Å². The number of fused-ring (bicyclic) bond motifs is 1. The molecule has 0 saturated heterocycles. The number of alkyl halides is 3. The number of hydrogen-bond acceptors (Lipinski definition) is 5. The summed E-state index contributed by atoms with van der Waals surface area (Å²) in [6, 6.07) is 13.4. The number of carbonyl (C=O) groups is 1. The molecule has 4 rings (SSSR count). The third-order valence-corrected chi connectivity index (χ3v) is 6.80. The highest BCUT2D eigenvalue weighted by atomic mass is 32.2. The maximum Gasteiger partial charge on any atom is 0.416 e. The van der Waals surface area contributed by atoms with E-state index in [0.29, 0.717) is 21.6 Å². The lowest BCUT2D eigenvalue weighted by Gasteiger charge is -2.29. The van der Waals surface area contributed by atoms with Crippen LogP contribution in [-0.4, -0.2) is 26.4 Å². The van der Waals surface area contributed by atoms with Gasteiger partial charge in [0.1, 0.15) is 0 Å². The van der Waals surface area contributed by atoms with E-state index < -0.39 is 11.7 Å². The predicted octanol–water partition coefficient (Wildman–Crippen LogP) is 4.77. The number of thioether (sulfide) groups is 2. The van der Waals surface area contributed by atoms with Crippen LogP contribution in [0.2, 0.25) is 0 Å². The summed E-state index contributed by atoms with van der Waals surface area (Å²) in [6.45, 7) is 0.0586. The summed E-state index contributed by atoms with van der Waals surface area (Å²) in [4.78, 5) is 14.5. The highest BCUT2D eigenvalue weighted by Crippen LogP contribution is 2.40. The van der Waals surface area contributed by atoms with Crippen LogP contribution in [0.4, 0.5) is 18.9 Å². The molecule has 5 nitrogen and oxygen atoms in total. The molecule has 1 amide bonds. The Kier molecular flexibility index (Phi) is 5.79. The molecule has 0 unspecified atom stereocenters. The van der Waals surface area contributed by atoms with Gasteiger partial charge in [0, 0.05) is 17.7 Å². The van der Waals surface area contributed by atoms with Gasteiger partial charge in [0.25, 0.3) is 0 Å². The average Bonchev–Trinajstić information content (AvgIpc) is 3.07. The number of halogens is 3. The zero-order chi connectivity index (χ0) is 21.3. The Morgan fingerprint density at radius 2 is 1.90 bits per heavy atom. The fourth-order valence-corrected chi connectivity index (χ4v) is 4.83. The SMILES string of the molecule is Cn1c(CN2C(=O)CSc3ccc(C(F)(F)F)cc32)nnc1SCc1ccccc1. The van der Waals surface area contributed by atoms with Gasteiger partial charge in [-0.3, -0.25) is 4.79 Å². The lowest BCUT2D eigenvalue weighted by Crippen LogP contribution is -2.36. The van der Waals surface area contributed by atoms with E-state index in [1.165, 1.54) is 34.5 Å². The van der Waals surface area contributed by atoms with E-state index in [1.54, 1.807) is 11.6 Å². The summed E-state index contributed by atoms with van der Waals surface area (Å²) >= 11 is 2.75. The molecule has 0 N–H and O–H groups in total. The molecule has 1 aliphatic heterocycles. The van der Waals surface area contributed by atoms with E-state index in [4.69, 9.17) is 0 Å². The minimum absolute atomic E-state index is 0.0586. The Morgan fingerprint density at radius 3 is 2.63 bits per heavy atom. The second-order valence-corrected chi connectivity index (χ2v) is 8.64. The van der Waals surface area contributed by atoms with Crippen LogP contribution >= 0.6 is 23.5 Å². The Balaban J connectivity index is 1.56.